The predicted molar refractivity (Wildman–Crippen MR) is 110 cm³/mol. The Labute approximate surface area is 165 Å². The number of hydrogen-bond acceptors (Lipinski definition) is 2. The van der Waals surface area contributed by atoms with Crippen LogP contribution in [0.4, 0.5) is 10.1 Å². The summed E-state index contributed by atoms with van der Waals surface area (Å²) in [5.74, 6) is -0.0680. The highest BCUT2D eigenvalue weighted by molar-refractivity contribution is 5.95. The van der Waals surface area contributed by atoms with Crippen LogP contribution in [0.5, 0.6) is 5.75 Å². The van der Waals surface area contributed by atoms with Crippen LogP contribution in [-0.2, 0) is 10.2 Å². The standard InChI is InChI=1S/C24H24FNO2/c1-24(2,3)18-9-15-21(16-10-18)28-22(17-7-5-4-6-8-17)23(27)26-20-13-11-19(25)12-14-20/h4-16,22H,1-3H3,(H,26,27)/t22-/m1/s1. The van der Waals surface area contributed by atoms with Crippen molar-refractivity contribution in [2.24, 2.45) is 0 Å². The molecule has 0 saturated carbocycles. The lowest BCUT2D eigenvalue weighted by molar-refractivity contribution is -0.123. The normalized spacial score (nSPS) is 12.3. The Morgan fingerprint density at radius 2 is 1.50 bits per heavy atom. The Morgan fingerprint density at radius 1 is 0.893 bits per heavy atom. The Morgan fingerprint density at radius 3 is 2.07 bits per heavy atom. The highest BCUT2D eigenvalue weighted by Crippen LogP contribution is 2.28. The molecule has 1 atom stereocenters. The zero-order valence-corrected chi connectivity index (χ0v) is 16.3. The maximum Gasteiger partial charge on any atom is 0.270 e. The van der Waals surface area contributed by atoms with Gasteiger partial charge in [0.1, 0.15) is 11.6 Å². The number of carbonyl (C=O) groups excluding carboxylic acids is 1. The molecule has 0 aliphatic carbocycles. The van der Waals surface area contributed by atoms with E-state index in [1.165, 1.54) is 29.8 Å². The molecule has 1 amide bonds. The zero-order chi connectivity index (χ0) is 20.1. The summed E-state index contributed by atoms with van der Waals surface area (Å²) in [7, 11) is 0. The van der Waals surface area contributed by atoms with Crippen molar-refractivity contribution in [1.29, 1.82) is 0 Å². The summed E-state index contributed by atoms with van der Waals surface area (Å²) in [6.07, 6.45) is -0.827. The van der Waals surface area contributed by atoms with Crippen molar-refractivity contribution in [3.63, 3.8) is 0 Å². The fourth-order valence-electron chi connectivity index (χ4n) is 2.81. The Hall–Kier alpha value is -3.14. The summed E-state index contributed by atoms with van der Waals surface area (Å²) >= 11 is 0. The fraction of sp³-hybridized carbons (Fsp3) is 0.208. The van der Waals surface area contributed by atoms with E-state index >= 15 is 0 Å². The molecule has 0 spiro atoms. The van der Waals surface area contributed by atoms with Gasteiger partial charge in [0, 0.05) is 11.3 Å². The van der Waals surface area contributed by atoms with Crippen LogP contribution in [0.15, 0.2) is 78.9 Å². The first-order chi connectivity index (χ1) is 13.3. The van der Waals surface area contributed by atoms with Crippen molar-refractivity contribution in [3.8, 4) is 5.75 Å². The van der Waals surface area contributed by atoms with Gasteiger partial charge in [-0.15, -0.1) is 0 Å². The van der Waals surface area contributed by atoms with Crippen molar-refractivity contribution in [2.45, 2.75) is 32.3 Å². The van der Waals surface area contributed by atoms with Gasteiger partial charge in [0.2, 0.25) is 6.10 Å². The van der Waals surface area contributed by atoms with Gasteiger partial charge >= 0.3 is 0 Å². The maximum atomic E-state index is 13.1. The van der Waals surface area contributed by atoms with Gasteiger partial charge in [-0.25, -0.2) is 4.39 Å². The number of benzene rings is 3. The van der Waals surface area contributed by atoms with Crippen LogP contribution in [0.3, 0.4) is 0 Å². The number of nitrogens with one attached hydrogen (secondary N) is 1. The molecule has 3 nitrogen and oxygen atoms in total. The molecule has 0 radical (unpaired) electrons. The third-order valence-corrected chi connectivity index (χ3v) is 4.43. The van der Waals surface area contributed by atoms with Crippen molar-refractivity contribution < 1.29 is 13.9 Å². The summed E-state index contributed by atoms with van der Waals surface area (Å²) in [6.45, 7) is 6.43. The van der Waals surface area contributed by atoms with Crippen LogP contribution in [0.2, 0.25) is 0 Å². The first kappa shape index (κ1) is 19.6. The SMILES string of the molecule is CC(C)(C)c1ccc(O[C@@H](C(=O)Nc2ccc(F)cc2)c2ccccc2)cc1. The zero-order valence-electron chi connectivity index (χ0n) is 16.3. The molecule has 0 aliphatic heterocycles. The summed E-state index contributed by atoms with van der Waals surface area (Å²) in [5, 5.41) is 2.79. The van der Waals surface area contributed by atoms with Crippen LogP contribution < -0.4 is 10.1 Å². The molecule has 0 aromatic heterocycles. The van der Waals surface area contributed by atoms with Gasteiger partial charge in [0.15, 0.2) is 0 Å². The number of amides is 1. The van der Waals surface area contributed by atoms with Gasteiger partial charge in [0.25, 0.3) is 5.91 Å². The minimum atomic E-state index is -0.827. The van der Waals surface area contributed by atoms with Crippen LogP contribution in [0.1, 0.15) is 38.0 Å². The Bertz CT molecular complexity index is 914. The van der Waals surface area contributed by atoms with E-state index in [0.717, 1.165) is 5.56 Å². The lowest BCUT2D eigenvalue weighted by Gasteiger charge is -2.21. The molecule has 0 aliphatic rings. The van der Waals surface area contributed by atoms with E-state index in [1.807, 2.05) is 54.6 Å². The molecule has 4 heteroatoms. The van der Waals surface area contributed by atoms with E-state index in [9.17, 15) is 9.18 Å². The molecule has 0 heterocycles. The van der Waals surface area contributed by atoms with Crippen LogP contribution in [0, 0.1) is 5.82 Å². The molecule has 1 N–H and O–H groups in total. The Kier molecular flexibility index (Phi) is 5.78. The van der Waals surface area contributed by atoms with Gasteiger partial charge in [-0.1, -0.05) is 63.2 Å². The first-order valence-electron chi connectivity index (χ1n) is 9.21. The quantitative estimate of drug-likeness (QED) is 0.603. The van der Waals surface area contributed by atoms with E-state index in [1.54, 1.807) is 0 Å². The molecule has 3 rings (SSSR count). The van der Waals surface area contributed by atoms with Crippen molar-refractivity contribution in [2.75, 3.05) is 5.32 Å². The fourth-order valence-corrected chi connectivity index (χ4v) is 2.81. The van der Waals surface area contributed by atoms with Crippen molar-refractivity contribution in [1.82, 2.24) is 0 Å². The molecule has 0 unspecified atom stereocenters. The number of anilines is 1. The molecule has 0 saturated heterocycles. The van der Waals surface area contributed by atoms with Gasteiger partial charge in [-0.05, 0) is 47.4 Å². The molecular formula is C24H24FNO2. The number of hydrogen-bond donors (Lipinski definition) is 1. The molecular weight excluding hydrogens is 353 g/mol. The molecule has 144 valence electrons. The third-order valence-electron chi connectivity index (χ3n) is 4.43. The largest absolute Gasteiger partial charge is 0.476 e. The first-order valence-corrected chi connectivity index (χ1v) is 9.21. The smallest absolute Gasteiger partial charge is 0.270 e. The third kappa shape index (κ3) is 4.97. The number of halogens is 1. The topological polar surface area (TPSA) is 38.3 Å². The van der Waals surface area contributed by atoms with E-state index < -0.39 is 6.10 Å². The summed E-state index contributed by atoms with van der Waals surface area (Å²) < 4.78 is 19.2. The highest BCUT2D eigenvalue weighted by Gasteiger charge is 2.23. The molecule has 0 fully saturated rings. The molecule has 3 aromatic carbocycles. The second-order valence-corrected chi connectivity index (χ2v) is 7.68. The monoisotopic (exact) mass is 377 g/mol. The van der Waals surface area contributed by atoms with E-state index in [0.29, 0.717) is 11.4 Å². The molecule has 3 aromatic rings. The van der Waals surface area contributed by atoms with E-state index in [2.05, 4.69) is 26.1 Å². The average Bonchev–Trinajstić information content (AvgIpc) is 2.68. The van der Waals surface area contributed by atoms with Gasteiger partial charge in [0.05, 0.1) is 0 Å². The van der Waals surface area contributed by atoms with Crippen LogP contribution in [-0.4, -0.2) is 5.91 Å². The molecule has 0 bridgehead atoms. The average molecular weight is 377 g/mol. The van der Waals surface area contributed by atoms with E-state index in [-0.39, 0.29) is 17.1 Å². The minimum absolute atomic E-state index is 0.0390. The van der Waals surface area contributed by atoms with Gasteiger partial charge in [-0.2, -0.15) is 0 Å². The van der Waals surface area contributed by atoms with Crippen LogP contribution >= 0.6 is 0 Å². The number of rotatable bonds is 5. The van der Waals surface area contributed by atoms with Gasteiger partial charge < -0.3 is 10.1 Å². The molecule has 28 heavy (non-hydrogen) atoms. The number of ether oxygens (including phenoxy) is 1. The summed E-state index contributed by atoms with van der Waals surface area (Å²) in [6, 6.07) is 22.7. The van der Waals surface area contributed by atoms with Crippen LogP contribution in [0.25, 0.3) is 0 Å². The van der Waals surface area contributed by atoms with Gasteiger partial charge in [-0.3, -0.25) is 4.79 Å². The second kappa shape index (κ2) is 8.26. The maximum absolute atomic E-state index is 13.1. The second-order valence-electron chi connectivity index (χ2n) is 7.68. The lowest BCUT2D eigenvalue weighted by atomic mass is 9.87. The summed E-state index contributed by atoms with van der Waals surface area (Å²) in [5.41, 5.74) is 2.48. The lowest BCUT2D eigenvalue weighted by Crippen LogP contribution is -2.25. The summed E-state index contributed by atoms with van der Waals surface area (Å²) in [4.78, 5) is 12.9. The van der Waals surface area contributed by atoms with Crippen molar-refractivity contribution in [3.05, 3.63) is 95.8 Å². The Balaban J connectivity index is 1.83. The van der Waals surface area contributed by atoms with Crippen molar-refractivity contribution >= 4 is 11.6 Å². The van der Waals surface area contributed by atoms with E-state index in [4.69, 9.17) is 4.74 Å². The minimum Gasteiger partial charge on any atom is -0.476 e. The number of carbonyl (C=O) groups is 1. The predicted octanol–water partition coefficient (Wildman–Crippen LogP) is 5.88. The highest BCUT2D eigenvalue weighted by atomic mass is 19.1.